The summed E-state index contributed by atoms with van der Waals surface area (Å²) >= 11 is 7.25. The van der Waals surface area contributed by atoms with Crippen LogP contribution >= 0.6 is 23.4 Å². The zero-order valence-corrected chi connectivity index (χ0v) is 16.0. The molecule has 1 aromatic heterocycles. The van der Waals surface area contributed by atoms with Gasteiger partial charge in [0.2, 0.25) is 11.1 Å². The lowest BCUT2D eigenvalue weighted by atomic mass is 10.2. The molecule has 0 aliphatic heterocycles. The molecule has 1 amide bonds. The molecule has 0 saturated heterocycles. The fourth-order valence-corrected chi connectivity index (χ4v) is 3.36. The second-order valence-electron chi connectivity index (χ2n) is 5.76. The van der Waals surface area contributed by atoms with Gasteiger partial charge in [0.25, 0.3) is 0 Å². The van der Waals surface area contributed by atoms with E-state index in [9.17, 15) is 9.18 Å². The summed E-state index contributed by atoms with van der Waals surface area (Å²) in [5.41, 5.74) is 1.34. The predicted molar refractivity (Wildman–Crippen MR) is 104 cm³/mol. The summed E-state index contributed by atoms with van der Waals surface area (Å²) in [7, 11) is 0. The third kappa shape index (κ3) is 4.58. The van der Waals surface area contributed by atoms with Crippen LogP contribution in [-0.4, -0.2) is 26.0 Å². The van der Waals surface area contributed by atoms with E-state index in [4.69, 9.17) is 17.4 Å². The number of carbonyl (C=O) groups excluding carboxylic acids is 1. The summed E-state index contributed by atoms with van der Waals surface area (Å²) in [6, 6.07) is 13.2. The molecule has 0 unspecified atom stereocenters. The van der Waals surface area contributed by atoms with Crippen LogP contribution in [0.4, 0.5) is 4.39 Å². The molecule has 3 aromatic rings. The van der Waals surface area contributed by atoms with E-state index in [1.807, 2.05) is 18.2 Å². The lowest BCUT2D eigenvalue weighted by Gasteiger charge is -2.12. The van der Waals surface area contributed by atoms with Crippen LogP contribution in [0.5, 0.6) is 0 Å². The van der Waals surface area contributed by atoms with Gasteiger partial charge in [-0.05, 0) is 30.7 Å². The standard InChI is InChI=1S/C18H17ClFN5OS/c1-11(17(26)22-10-13-5-2-3-8-15(13)19)27-18-24-23-16(25(18)21)12-6-4-7-14(20)9-12/h2-9,11H,10,21H2,1H3,(H,22,26)/t11-/m0/s1. The first kappa shape index (κ1) is 19.2. The van der Waals surface area contributed by atoms with Crippen LogP contribution in [0, 0.1) is 5.82 Å². The Morgan fingerprint density at radius 3 is 2.81 bits per heavy atom. The van der Waals surface area contributed by atoms with Crippen LogP contribution < -0.4 is 11.2 Å². The minimum atomic E-state index is -0.459. The molecule has 140 valence electrons. The minimum Gasteiger partial charge on any atom is -0.351 e. The summed E-state index contributed by atoms with van der Waals surface area (Å²) in [4.78, 5) is 12.3. The molecule has 1 atom stereocenters. The van der Waals surface area contributed by atoms with E-state index in [1.165, 1.54) is 16.8 Å². The van der Waals surface area contributed by atoms with Gasteiger partial charge in [0, 0.05) is 17.1 Å². The van der Waals surface area contributed by atoms with Gasteiger partial charge in [-0.1, -0.05) is 53.7 Å². The molecule has 0 fully saturated rings. The second-order valence-corrected chi connectivity index (χ2v) is 7.47. The number of nitrogens with one attached hydrogen (secondary N) is 1. The van der Waals surface area contributed by atoms with E-state index in [1.54, 1.807) is 25.1 Å². The monoisotopic (exact) mass is 405 g/mol. The molecule has 6 nitrogen and oxygen atoms in total. The van der Waals surface area contributed by atoms with E-state index in [0.717, 1.165) is 17.3 Å². The van der Waals surface area contributed by atoms with Gasteiger partial charge in [-0.2, -0.15) is 0 Å². The number of nitrogens with zero attached hydrogens (tertiary/aromatic N) is 3. The number of halogens is 2. The molecule has 3 rings (SSSR count). The van der Waals surface area contributed by atoms with Crippen molar-refractivity contribution in [1.29, 1.82) is 0 Å². The summed E-state index contributed by atoms with van der Waals surface area (Å²) < 4.78 is 14.6. The fourth-order valence-electron chi connectivity index (χ4n) is 2.36. The molecule has 0 bridgehead atoms. The lowest BCUT2D eigenvalue weighted by molar-refractivity contribution is -0.120. The van der Waals surface area contributed by atoms with Crippen LogP contribution in [0.3, 0.4) is 0 Å². The first-order chi connectivity index (χ1) is 13.0. The maximum atomic E-state index is 13.4. The highest BCUT2D eigenvalue weighted by molar-refractivity contribution is 8.00. The molecular weight excluding hydrogens is 389 g/mol. The summed E-state index contributed by atoms with van der Waals surface area (Å²) in [6.45, 7) is 2.07. The molecule has 0 aliphatic carbocycles. The Hall–Kier alpha value is -2.58. The number of benzene rings is 2. The van der Waals surface area contributed by atoms with Crippen molar-refractivity contribution >= 4 is 29.3 Å². The molecule has 3 N–H and O–H groups in total. The Morgan fingerprint density at radius 2 is 2.07 bits per heavy atom. The van der Waals surface area contributed by atoms with Gasteiger partial charge < -0.3 is 11.2 Å². The average Bonchev–Trinajstić information content (AvgIpc) is 3.01. The third-order valence-corrected chi connectivity index (χ3v) is 5.24. The molecule has 27 heavy (non-hydrogen) atoms. The van der Waals surface area contributed by atoms with Gasteiger partial charge in [-0.25, -0.2) is 9.07 Å². The number of nitrogen functional groups attached to an aromatic ring is 1. The van der Waals surface area contributed by atoms with Crippen LogP contribution in [0.2, 0.25) is 5.02 Å². The Balaban J connectivity index is 1.65. The lowest BCUT2D eigenvalue weighted by Crippen LogP contribution is -2.31. The zero-order chi connectivity index (χ0) is 19.4. The topological polar surface area (TPSA) is 85.8 Å². The molecule has 0 radical (unpaired) electrons. The molecule has 0 aliphatic rings. The van der Waals surface area contributed by atoms with Crippen LogP contribution in [0.25, 0.3) is 11.4 Å². The third-order valence-electron chi connectivity index (χ3n) is 3.81. The van der Waals surface area contributed by atoms with E-state index in [0.29, 0.717) is 28.1 Å². The molecule has 2 aromatic carbocycles. The van der Waals surface area contributed by atoms with E-state index < -0.39 is 11.1 Å². The van der Waals surface area contributed by atoms with Crippen LogP contribution in [0.1, 0.15) is 12.5 Å². The van der Waals surface area contributed by atoms with E-state index >= 15 is 0 Å². The maximum Gasteiger partial charge on any atom is 0.233 e. The van der Waals surface area contributed by atoms with Crippen molar-refractivity contribution in [2.75, 3.05) is 5.84 Å². The highest BCUT2D eigenvalue weighted by atomic mass is 35.5. The van der Waals surface area contributed by atoms with E-state index in [-0.39, 0.29) is 5.91 Å². The number of thioether (sulfide) groups is 1. The normalized spacial score (nSPS) is 12.0. The fraction of sp³-hybridized carbons (Fsp3) is 0.167. The Kier molecular flexibility index (Phi) is 5.98. The van der Waals surface area contributed by atoms with Gasteiger partial charge in [-0.3, -0.25) is 4.79 Å². The quantitative estimate of drug-likeness (QED) is 0.485. The van der Waals surface area contributed by atoms with Gasteiger partial charge in [0.1, 0.15) is 5.82 Å². The number of carbonyl (C=O) groups is 1. The molecule has 0 spiro atoms. The van der Waals surface area contributed by atoms with Crippen LogP contribution in [0.15, 0.2) is 53.7 Å². The van der Waals surface area contributed by atoms with Gasteiger partial charge in [0.05, 0.1) is 5.25 Å². The van der Waals surface area contributed by atoms with Gasteiger partial charge >= 0.3 is 0 Å². The number of rotatable bonds is 6. The minimum absolute atomic E-state index is 0.185. The second kappa shape index (κ2) is 8.41. The average molecular weight is 406 g/mol. The smallest absolute Gasteiger partial charge is 0.233 e. The number of amides is 1. The van der Waals surface area contributed by atoms with Crippen molar-refractivity contribution in [2.24, 2.45) is 0 Å². The van der Waals surface area contributed by atoms with Crippen molar-refractivity contribution in [2.45, 2.75) is 23.9 Å². The molecule has 1 heterocycles. The maximum absolute atomic E-state index is 13.4. The number of hydrogen-bond donors (Lipinski definition) is 2. The largest absolute Gasteiger partial charge is 0.351 e. The number of hydrogen-bond acceptors (Lipinski definition) is 5. The van der Waals surface area contributed by atoms with Crippen LogP contribution in [-0.2, 0) is 11.3 Å². The Bertz CT molecular complexity index is 964. The van der Waals surface area contributed by atoms with Gasteiger partial charge in [-0.15, -0.1) is 10.2 Å². The summed E-state index contributed by atoms with van der Waals surface area (Å²) in [5.74, 6) is 5.76. The highest BCUT2D eigenvalue weighted by Gasteiger charge is 2.20. The van der Waals surface area contributed by atoms with Crippen molar-refractivity contribution in [1.82, 2.24) is 20.2 Å². The van der Waals surface area contributed by atoms with Crippen molar-refractivity contribution in [3.63, 3.8) is 0 Å². The highest BCUT2D eigenvalue weighted by Crippen LogP contribution is 2.25. The Labute approximate surface area is 164 Å². The van der Waals surface area contributed by atoms with Crippen molar-refractivity contribution in [3.05, 3.63) is 64.9 Å². The Morgan fingerprint density at radius 1 is 1.30 bits per heavy atom. The SMILES string of the molecule is C[C@H](Sc1nnc(-c2cccc(F)c2)n1N)C(=O)NCc1ccccc1Cl. The van der Waals surface area contributed by atoms with Gasteiger partial charge in [0.15, 0.2) is 5.82 Å². The summed E-state index contributed by atoms with van der Waals surface area (Å²) in [5, 5.41) is 11.3. The first-order valence-electron chi connectivity index (χ1n) is 8.10. The zero-order valence-electron chi connectivity index (χ0n) is 14.4. The van der Waals surface area contributed by atoms with E-state index in [2.05, 4.69) is 15.5 Å². The van der Waals surface area contributed by atoms with Crippen molar-refractivity contribution < 1.29 is 9.18 Å². The molecular formula is C18H17ClFN5OS. The predicted octanol–water partition coefficient (Wildman–Crippen LogP) is 3.25. The molecule has 9 heteroatoms. The van der Waals surface area contributed by atoms with Crippen molar-refractivity contribution in [3.8, 4) is 11.4 Å². The number of nitrogens with two attached hydrogens (primary N) is 1. The first-order valence-corrected chi connectivity index (χ1v) is 9.35. The summed E-state index contributed by atoms with van der Waals surface area (Å²) in [6.07, 6.45) is 0. The number of aromatic nitrogens is 3. The molecule has 0 saturated carbocycles.